The van der Waals surface area contributed by atoms with Gasteiger partial charge in [0.1, 0.15) is 22.4 Å². The molecule has 0 spiro atoms. The summed E-state index contributed by atoms with van der Waals surface area (Å²) in [6.07, 6.45) is -4.64. The van der Waals surface area contributed by atoms with E-state index in [1.54, 1.807) is 30.5 Å². The molecule has 0 aliphatic carbocycles. The molecule has 0 bridgehead atoms. The van der Waals surface area contributed by atoms with Crippen LogP contribution in [0.5, 0.6) is 0 Å². The Morgan fingerprint density at radius 1 is 1.48 bits per heavy atom. The third kappa shape index (κ3) is 3.65. The third-order valence-electron chi connectivity index (χ3n) is 3.56. The molecular weight excluding hydrogens is 373 g/mol. The summed E-state index contributed by atoms with van der Waals surface area (Å²) in [6, 6.07) is 5.83. The van der Waals surface area contributed by atoms with Gasteiger partial charge in [0.25, 0.3) is 0 Å². The predicted octanol–water partition coefficient (Wildman–Crippen LogP) is 4.50. The van der Waals surface area contributed by atoms with Crippen molar-refractivity contribution in [2.45, 2.75) is 35.9 Å². The fourth-order valence-electron chi connectivity index (χ4n) is 2.44. The number of pyridine rings is 1. The molecule has 9 heteroatoms. The lowest BCUT2D eigenvalue weighted by molar-refractivity contribution is -0.140. The van der Waals surface area contributed by atoms with Crippen molar-refractivity contribution < 1.29 is 22.7 Å². The fraction of sp³-hybridized carbons (Fsp3) is 0.312. The summed E-state index contributed by atoms with van der Waals surface area (Å²) in [5, 5.41) is 10.2. The Morgan fingerprint density at radius 2 is 2.24 bits per heavy atom. The van der Waals surface area contributed by atoms with E-state index in [1.807, 2.05) is 0 Å². The number of ether oxygens (including phenoxy) is 1. The van der Waals surface area contributed by atoms with Crippen LogP contribution in [0.25, 0.3) is 10.6 Å². The van der Waals surface area contributed by atoms with Gasteiger partial charge in [-0.05, 0) is 24.4 Å². The second kappa shape index (κ2) is 6.69. The van der Waals surface area contributed by atoms with Crippen molar-refractivity contribution in [2.24, 2.45) is 0 Å². The average molecular weight is 384 g/mol. The molecule has 1 saturated heterocycles. The molecule has 1 aliphatic heterocycles. The Morgan fingerprint density at radius 3 is 2.76 bits per heavy atom. The minimum atomic E-state index is -4.70. The minimum Gasteiger partial charge on any atom is -0.462 e. The number of aromatic nitrogens is 1. The van der Waals surface area contributed by atoms with Gasteiger partial charge < -0.3 is 4.74 Å². The molecule has 2 atom stereocenters. The van der Waals surface area contributed by atoms with Crippen LogP contribution < -0.4 is 0 Å². The number of rotatable bonds is 3. The molecular formula is C16H11F3N2O2S2. The smallest absolute Gasteiger partial charge is 0.417 e. The molecule has 3 rings (SSSR count). The number of halogens is 3. The van der Waals surface area contributed by atoms with E-state index in [0.717, 1.165) is 17.8 Å². The first-order chi connectivity index (χ1) is 11.8. The topological polar surface area (TPSA) is 63.0 Å². The summed E-state index contributed by atoms with van der Waals surface area (Å²) in [5.74, 6) is -0.502. The summed E-state index contributed by atoms with van der Waals surface area (Å²) < 4.78 is 45.3. The maximum Gasteiger partial charge on any atom is 0.417 e. The molecule has 4 nitrogen and oxygen atoms in total. The quantitative estimate of drug-likeness (QED) is 0.730. The molecule has 1 aliphatic rings. The molecule has 0 unspecified atom stereocenters. The Balaban J connectivity index is 2.10. The summed E-state index contributed by atoms with van der Waals surface area (Å²) >= 11 is 2.10. The van der Waals surface area contributed by atoms with E-state index >= 15 is 0 Å². The Labute approximate surface area is 149 Å². The first-order valence-electron chi connectivity index (χ1n) is 7.23. The summed E-state index contributed by atoms with van der Waals surface area (Å²) in [6.45, 7) is 1.71. The lowest BCUT2D eigenvalue weighted by Crippen LogP contribution is -2.13. The fourth-order valence-corrected chi connectivity index (χ4v) is 4.34. The number of esters is 1. The normalized spacial score (nSPS) is 20.4. The number of alkyl halides is 3. The number of hydrogen-bond donors (Lipinski definition) is 0. The lowest BCUT2D eigenvalue weighted by Gasteiger charge is -2.14. The molecule has 2 aromatic heterocycles. The van der Waals surface area contributed by atoms with Crippen molar-refractivity contribution in [2.75, 3.05) is 0 Å². The molecule has 0 radical (unpaired) electrons. The zero-order valence-electron chi connectivity index (χ0n) is 12.8. The second-order valence-electron chi connectivity index (χ2n) is 5.41. The molecule has 0 saturated carbocycles. The molecule has 130 valence electrons. The van der Waals surface area contributed by atoms with Crippen molar-refractivity contribution in [3.05, 3.63) is 34.7 Å². The summed E-state index contributed by atoms with van der Waals surface area (Å²) in [4.78, 5) is 16.6. The summed E-state index contributed by atoms with van der Waals surface area (Å²) in [5.41, 5.74) is -1.48. The van der Waals surface area contributed by atoms with E-state index in [4.69, 9.17) is 4.74 Å². The maximum atomic E-state index is 13.4. The first-order valence-corrected chi connectivity index (χ1v) is 8.99. The highest BCUT2D eigenvalue weighted by Gasteiger charge is 2.38. The minimum absolute atomic E-state index is 0.100. The number of thioether (sulfide) groups is 1. The van der Waals surface area contributed by atoms with E-state index < -0.39 is 28.5 Å². The van der Waals surface area contributed by atoms with Crippen LogP contribution in [0.4, 0.5) is 13.2 Å². The number of hydrogen-bond acceptors (Lipinski definition) is 6. The van der Waals surface area contributed by atoms with Gasteiger partial charge in [-0.3, -0.25) is 4.79 Å². The second-order valence-corrected chi connectivity index (χ2v) is 7.55. The van der Waals surface area contributed by atoms with Crippen LogP contribution in [-0.2, 0) is 15.7 Å². The van der Waals surface area contributed by atoms with Crippen LogP contribution in [0.1, 0.15) is 24.5 Å². The zero-order valence-corrected chi connectivity index (χ0v) is 14.5. The monoisotopic (exact) mass is 384 g/mol. The van der Waals surface area contributed by atoms with Crippen molar-refractivity contribution in [1.29, 1.82) is 5.26 Å². The van der Waals surface area contributed by atoms with Crippen LogP contribution in [0, 0.1) is 11.3 Å². The van der Waals surface area contributed by atoms with Crippen LogP contribution in [0.3, 0.4) is 0 Å². The number of thiophene rings is 1. The van der Waals surface area contributed by atoms with E-state index in [9.17, 15) is 23.2 Å². The molecule has 3 heterocycles. The first kappa shape index (κ1) is 17.8. The Kier molecular flexibility index (Phi) is 4.75. The van der Waals surface area contributed by atoms with E-state index in [0.29, 0.717) is 11.3 Å². The van der Waals surface area contributed by atoms with Gasteiger partial charge >= 0.3 is 12.1 Å². The van der Waals surface area contributed by atoms with E-state index in [-0.39, 0.29) is 16.8 Å². The van der Waals surface area contributed by atoms with E-state index in [2.05, 4.69) is 4.98 Å². The van der Waals surface area contributed by atoms with Crippen LogP contribution in [0.2, 0.25) is 0 Å². The number of carbonyl (C=O) groups is 1. The standard InChI is InChI=1S/C16H11F3N2O2S2/c1-8-5-13(15(22)23-8)25-14-9(7-20)10(16(17,18)19)6-11(21-14)12-3-2-4-24-12/h2-4,6,8,13H,5H2,1H3/t8-,13+/m1/s1. The van der Waals surface area contributed by atoms with Gasteiger partial charge in [-0.2, -0.15) is 18.4 Å². The predicted molar refractivity (Wildman–Crippen MR) is 87.1 cm³/mol. The van der Waals surface area contributed by atoms with Crippen LogP contribution >= 0.6 is 23.1 Å². The SMILES string of the molecule is C[C@@H]1C[C@H](Sc2nc(-c3cccs3)cc(C(F)(F)F)c2C#N)C(=O)O1. The number of cyclic esters (lactones) is 1. The Hall–Kier alpha value is -2.05. The highest BCUT2D eigenvalue weighted by Crippen LogP contribution is 2.41. The van der Waals surface area contributed by atoms with Crippen molar-refractivity contribution >= 4 is 29.1 Å². The summed E-state index contributed by atoms with van der Waals surface area (Å²) in [7, 11) is 0. The maximum absolute atomic E-state index is 13.4. The van der Waals surface area contributed by atoms with Gasteiger partial charge in [0.05, 0.1) is 21.7 Å². The number of nitriles is 1. The molecule has 25 heavy (non-hydrogen) atoms. The zero-order chi connectivity index (χ0) is 18.2. The third-order valence-corrected chi connectivity index (χ3v) is 5.64. The molecule has 0 amide bonds. The van der Waals surface area contributed by atoms with Crippen LogP contribution in [-0.4, -0.2) is 22.3 Å². The van der Waals surface area contributed by atoms with E-state index in [1.165, 1.54) is 11.3 Å². The lowest BCUT2D eigenvalue weighted by atomic mass is 10.1. The largest absolute Gasteiger partial charge is 0.462 e. The van der Waals surface area contributed by atoms with Gasteiger partial charge in [-0.25, -0.2) is 4.98 Å². The molecule has 2 aromatic rings. The molecule has 0 aromatic carbocycles. The van der Waals surface area contributed by atoms with Gasteiger partial charge in [0.15, 0.2) is 0 Å². The number of carbonyl (C=O) groups excluding carboxylic acids is 1. The van der Waals surface area contributed by atoms with Crippen molar-refractivity contribution in [1.82, 2.24) is 4.98 Å². The number of nitrogens with zero attached hydrogens (tertiary/aromatic N) is 2. The van der Waals surface area contributed by atoms with Gasteiger partial charge in [0.2, 0.25) is 0 Å². The van der Waals surface area contributed by atoms with Gasteiger partial charge in [-0.15, -0.1) is 11.3 Å². The van der Waals surface area contributed by atoms with Crippen molar-refractivity contribution in [3.8, 4) is 16.6 Å². The van der Waals surface area contributed by atoms with Crippen LogP contribution in [0.15, 0.2) is 28.6 Å². The van der Waals surface area contributed by atoms with Gasteiger partial charge in [-0.1, -0.05) is 17.8 Å². The van der Waals surface area contributed by atoms with Gasteiger partial charge in [0, 0.05) is 6.42 Å². The average Bonchev–Trinajstić information content (AvgIpc) is 3.16. The molecule has 1 fully saturated rings. The van der Waals surface area contributed by atoms with Crippen molar-refractivity contribution in [3.63, 3.8) is 0 Å². The highest BCUT2D eigenvalue weighted by atomic mass is 32.2. The molecule has 0 N–H and O–H groups in total. The Bertz CT molecular complexity index is 844. The highest BCUT2D eigenvalue weighted by molar-refractivity contribution is 8.00.